The lowest BCUT2D eigenvalue weighted by molar-refractivity contribution is -0.420. The molecule has 11 nitrogen and oxygen atoms in total. The smallest absolute Gasteiger partial charge is 0.370 e. The lowest BCUT2D eigenvalue weighted by atomic mass is 9.88. The summed E-state index contributed by atoms with van der Waals surface area (Å²) >= 11 is 4.92. The first-order chi connectivity index (χ1) is 12.1. The molecule has 1 aliphatic heterocycles. The summed E-state index contributed by atoms with van der Waals surface area (Å²) in [6.07, 6.45) is -6.85. The summed E-state index contributed by atoms with van der Waals surface area (Å²) in [5, 5.41) is 42.2. The highest BCUT2D eigenvalue weighted by molar-refractivity contribution is 7.80. The van der Waals surface area contributed by atoms with Gasteiger partial charge >= 0.3 is 17.7 Å². The normalized spacial score (nSPS) is 30.8. The fourth-order valence-corrected chi connectivity index (χ4v) is 2.62. The maximum Gasteiger partial charge on any atom is 0.370 e. The van der Waals surface area contributed by atoms with Crippen LogP contribution >= 0.6 is 12.2 Å². The van der Waals surface area contributed by atoms with E-state index in [1.165, 1.54) is 6.92 Å². The number of hydrogen-bond acceptors (Lipinski definition) is 11. The van der Waals surface area contributed by atoms with Crippen molar-refractivity contribution in [3.63, 3.8) is 0 Å². The maximum absolute atomic E-state index is 12.2. The zero-order valence-corrected chi connectivity index (χ0v) is 15.3. The van der Waals surface area contributed by atoms with Crippen molar-refractivity contribution in [3.8, 4) is 0 Å². The molecule has 6 atom stereocenters. The SMILES string of the molecule is COC(=O)[C@]1(OOC(C)=O)C[C@H](O)[C@@H](NC(C)=S)[C@H]([C@H](O)[C@H](O)CO)O1. The molecule has 0 amide bonds. The molecule has 150 valence electrons. The number of aliphatic hydroxyl groups excluding tert-OH is 4. The van der Waals surface area contributed by atoms with Crippen LogP contribution in [0.15, 0.2) is 0 Å². The van der Waals surface area contributed by atoms with Crippen molar-refractivity contribution < 1.29 is 49.3 Å². The quantitative estimate of drug-likeness (QED) is 0.133. The summed E-state index contributed by atoms with van der Waals surface area (Å²) in [5.41, 5.74) is 0. The summed E-state index contributed by atoms with van der Waals surface area (Å²) in [6, 6.07) is -1.07. The van der Waals surface area contributed by atoms with Gasteiger partial charge in [-0.3, -0.25) is 4.89 Å². The predicted octanol–water partition coefficient (Wildman–Crippen LogP) is -2.48. The lowest BCUT2D eigenvalue weighted by Gasteiger charge is -2.46. The van der Waals surface area contributed by atoms with Gasteiger partial charge in [-0.1, -0.05) is 12.2 Å². The molecule has 1 rings (SSSR count). The largest absolute Gasteiger partial charge is 0.465 e. The molecule has 0 saturated carbocycles. The second kappa shape index (κ2) is 9.50. The first-order valence-electron chi connectivity index (χ1n) is 7.62. The van der Waals surface area contributed by atoms with E-state index in [1.54, 1.807) is 0 Å². The van der Waals surface area contributed by atoms with Gasteiger partial charge in [0.2, 0.25) is 0 Å². The van der Waals surface area contributed by atoms with Crippen LogP contribution in [0.4, 0.5) is 0 Å². The van der Waals surface area contributed by atoms with Crippen molar-refractivity contribution in [2.75, 3.05) is 13.7 Å². The van der Waals surface area contributed by atoms with Crippen LogP contribution in [-0.4, -0.2) is 87.3 Å². The molecule has 1 fully saturated rings. The molecular weight excluding hydrogens is 374 g/mol. The number of carbonyl (C=O) groups excluding carboxylic acids is 2. The topological polar surface area (TPSA) is 164 Å². The maximum atomic E-state index is 12.2. The number of methoxy groups -OCH3 is 1. The van der Waals surface area contributed by atoms with Gasteiger partial charge in [0.05, 0.1) is 30.9 Å². The molecule has 1 heterocycles. The Labute approximate surface area is 154 Å². The highest BCUT2D eigenvalue weighted by atomic mass is 32.1. The zero-order valence-electron chi connectivity index (χ0n) is 14.4. The third kappa shape index (κ3) is 5.30. The molecule has 1 aliphatic rings. The zero-order chi connectivity index (χ0) is 20.1. The Bertz CT molecular complexity index is 532. The van der Waals surface area contributed by atoms with E-state index in [-0.39, 0.29) is 4.99 Å². The number of nitrogens with one attached hydrogen (secondary N) is 1. The molecule has 12 heteroatoms. The van der Waals surface area contributed by atoms with Gasteiger partial charge in [-0.15, -0.1) is 4.89 Å². The van der Waals surface area contributed by atoms with Crippen molar-refractivity contribution >= 4 is 29.1 Å². The van der Waals surface area contributed by atoms with E-state index in [2.05, 4.69) is 14.9 Å². The highest BCUT2D eigenvalue weighted by Crippen LogP contribution is 2.34. The Morgan fingerprint density at radius 2 is 2.00 bits per heavy atom. The molecule has 0 aromatic heterocycles. The second-order valence-corrected chi connectivity index (χ2v) is 6.34. The summed E-state index contributed by atoms with van der Waals surface area (Å²) in [4.78, 5) is 32.6. The standard InChI is InChI=1S/C14H23NO10S/c1-6(26)15-10-8(18)4-14(13(21)22-3,25-24-7(2)17)23-12(10)11(20)9(19)5-16/h8-12,16,18-20H,4-5H2,1-3H3,(H,15,26)/t8-,9+,10+,11+,12+,14+/m0/s1. The molecule has 1 saturated heterocycles. The summed E-state index contributed by atoms with van der Waals surface area (Å²) in [7, 11) is 1.01. The Morgan fingerprint density at radius 1 is 1.38 bits per heavy atom. The van der Waals surface area contributed by atoms with E-state index in [4.69, 9.17) is 26.9 Å². The van der Waals surface area contributed by atoms with Crippen LogP contribution in [0.1, 0.15) is 20.3 Å². The minimum absolute atomic E-state index is 0.236. The molecule has 0 bridgehead atoms. The van der Waals surface area contributed by atoms with Gasteiger partial charge in [-0.05, 0) is 6.92 Å². The van der Waals surface area contributed by atoms with Crippen molar-refractivity contribution in [3.05, 3.63) is 0 Å². The van der Waals surface area contributed by atoms with E-state index < -0.39 is 61.2 Å². The monoisotopic (exact) mass is 397 g/mol. The Balaban J connectivity index is 3.25. The minimum Gasteiger partial charge on any atom is -0.465 e. The van der Waals surface area contributed by atoms with Crippen LogP contribution in [0.5, 0.6) is 0 Å². The van der Waals surface area contributed by atoms with E-state index >= 15 is 0 Å². The van der Waals surface area contributed by atoms with Crippen molar-refractivity contribution in [1.29, 1.82) is 0 Å². The van der Waals surface area contributed by atoms with E-state index in [1.807, 2.05) is 0 Å². The van der Waals surface area contributed by atoms with Crippen molar-refractivity contribution in [2.45, 2.75) is 56.5 Å². The fraction of sp³-hybridized carbons (Fsp3) is 0.786. The third-order valence-electron chi connectivity index (χ3n) is 3.65. The number of ether oxygens (including phenoxy) is 2. The van der Waals surface area contributed by atoms with Crippen LogP contribution in [0.2, 0.25) is 0 Å². The fourth-order valence-electron chi connectivity index (χ4n) is 2.49. The van der Waals surface area contributed by atoms with Gasteiger partial charge in [0.1, 0.15) is 18.3 Å². The van der Waals surface area contributed by atoms with Crippen LogP contribution in [-0.2, 0) is 28.8 Å². The Morgan fingerprint density at radius 3 is 2.46 bits per heavy atom. The van der Waals surface area contributed by atoms with E-state index in [0.717, 1.165) is 14.0 Å². The number of rotatable bonds is 7. The second-order valence-electron chi connectivity index (χ2n) is 5.72. The number of thiocarbonyl (C=S) groups is 1. The van der Waals surface area contributed by atoms with Gasteiger partial charge in [0.15, 0.2) is 0 Å². The molecular formula is C14H23NO10S. The molecule has 26 heavy (non-hydrogen) atoms. The third-order valence-corrected chi connectivity index (χ3v) is 3.77. The van der Waals surface area contributed by atoms with Crippen LogP contribution < -0.4 is 5.32 Å². The van der Waals surface area contributed by atoms with Gasteiger partial charge < -0.3 is 35.2 Å². The van der Waals surface area contributed by atoms with Crippen molar-refractivity contribution in [2.24, 2.45) is 0 Å². The molecule has 0 radical (unpaired) electrons. The number of carbonyl (C=O) groups is 2. The first-order valence-corrected chi connectivity index (χ1v) is 8.03. The molecule has 0 spiro atoms. The highest BCUT2D eigenvalue weighted by Gasteiger charge is 2.57. The van der Waals surface area contributed by atoms with Gasteiger partial charge in [-0.25, -0.2) is 9.59 Å². The van der Waals surface area contributed by atoms with Crippen molar-refractivity contribution in [1.82, 2.24) is 5.32 Å². The van der Waals surface area contributed by atoms with Crippen LogP contribution in [0.3, 0.4) is 0 Å². The van der Waals surface area contributed by atoms with Gasteiger partial charge in [0, 0.05) is 13.3 Å². The summed E-state index contributed by atoms with van der Waals surface area (Å²) in [5.74, 6) is -4.45. The predicted molar refractivity (Wildman–Crippen MR) is 87.4 cm³/mol. The lowest BCUT2D eigenvalue weighted by Crippen LogP contribution is -2.68. The average Bonchev–Trinajstić information content (AvgIpc) is 2.59. The molecule has 0 aromatic rings. The van der Waals surface area contributed by atoms with Gasteiger partial charge in [-0.2, -0.15) is 0 Å². The number of aliphatic hydroxyl groups is 4. The number of esters is 1. The molecule has 0 aromatic carbocycles. The van der Waals surface area contributed by atoms with E-state index in [9.17, 15) is 24.9 Å². The van der Waals surface area contributed by atoms with E-state index in [0.29, 0.717) is 0 Å². The van der Waals surface area contributed by atoms with Gasteiger partial charge in [0.25, 0.3) is 0 Å². The first kappa shape index (κ1) is 22.6. The van der Waals surface area contributed by atoms with Crippen LogP contribution in [0.25, 0.3) is 0 Å². The Hall–Kier alpha value is -1.41. The number of hydrogen-bond donors (Lipinski definition) is 5. The molecule has 0 aliphatic carbocycles. The average molecular weight is 397 g/mol. The van der Waals surface area contributed by atoms with Crippen LogP contribution in [0, 0.1) is 0 Å². The summed E-state index contributed by atoms with van der Waals surface area (Å²) in [6.45, 7) is 1.69. The molecule has 0 unspecified atom stereocenters. The molecule has 5 N–H and O–H groups in total. The minimum atomic E-state index is -2.39. The summed E-state index contributed by atoms with van der Waals surface area (Å²) < 4.78 is 10.0. The Kier molecular flexibility index (Phi) is 8.27.